The van der Waals surface area contributed by atoms with Crippen molar-refractivity contribution in [2.24, 2.45) is 23.2 Å². The van der Waals surface area contributed by atoms with Gasteiger partial charge in [0.05, 0.1) is 30.4 Å². The summed E-state index contributed by atoms with van der Waals surface area (Å²) in [5, 5.41) is 18.0. The number of aliphatic hydroxyl groups is 1. The monoisotopic (exact) mass is 472 g/mol. The summed E-state index contributed by atoms with van der Waals surface area (Å²) in [4.78, 5) is 17.1. The Morgan fingerprint density at radius 1 is 1.17 bits per heavy atom. The number of carbonyl (C=O) groups is 1. The smallest absolute Gasteiger partial charge is 0.319 e. The van der Waals surface area contributed by atoms with E-state index in [9.17, 15) is 14.3 Å². The van der Waals surface area contributed by atoms with E-state index in [4.69, 9.17) is 0 Å². The maximum atomic E-state index is 15.0. The maximum Gasteiger partial charge on any atom is 0.319 e. The number of imidazole rings is 1. The van der Waals surface area contributed by atoms with E-state index >= 15 is 0 Å². The van der Waals surface area contributed by atoms with Gasteiger partial charge in [-0.15, -0.1) is 0 Å². The average Bonchev–Trinajstić information content (AvgIpc) is 3.55. The van der Waals surface area contributed by atoms with Crippen LogP contribution in [0.15, 0.2) is 61.1 Å². The summed E-state index contributed by atoms with van der Waals surface area (Å²) in [6, 6.07) is 14.3. The van der Waals surface area contributed by atoms with Gasteiger partial charge in [0, 0.05) is 28.3 Å². The minimum Gasteiger partial charge on any atom is -0.392 e. The molecule has 2 aromatic carbocycles. The summed E-state index contributed by atoms with van der Waals surface area (Å²) in [6.07, 6.45) is 7.45. The number of rotatable bonds is 5. The van der Waals surface area contributed by atoms with E-state index in [0.717, 1.165) is 42.6 Å². The molecule has 8 rings (SSSR count). The largest absolute Gasteiger partial charge is 0.392 e. The molecule has 6 nitrogen and oxygen atoms in total. The van der Waals surface area contributed by atoms with Crippen LogP contribution in [0.2, 0.25) is 0 Å². The molecule has 2 heterocycles. The van der Waals surface area contributed by atoms with Crippen molar-refractivity contribution in [3.63, 3.8) is 0 Å². The van der Waals surface area contributed by atoms with Gasteiger partial charge in [0.2, 0.25) is 0 Å². The number of urea groups is 1. The number of nitrogens with one attached hydrogen (secondary N) is 2. The Balaban J connectivity index is 1.13. The summed E-state index contributed by atoms with van der Waals surface area (Å²) in [7, 11) is 0. The zero-order chi connectivity index (χ0) is 23.7. The van der Waals surface area contributed by atoms with Crippen LogP contribution in [0.4, 0.5) is 14.9 Å². The molecule has 1 aromatic heterocycles. The zero-order valence-corrected chi connectivity index (χ0v) is 19.4. The Bertz CT molecular complexity index is 1290. The maximum absolute atomic E-state index is 15.0. The fourth-order valence-corrected chi connectivity index (χ4v) is 8.14. The van der Waals surface area contributed by atoms with Crippen LogP contribution in [-0.4, -0.2) is 32.8 Å². The molecule has 35 heavy (non-hydrogen) atoms. The summed E-state index contributed by atoms with van der Waals surface area (Å²) in [6.45, 7) is 0. The predicted octanol–water partition coefficient (Wildman–Crippen LogP) is 4.97. The first-order valence-corrected chi connectivity index (χ1v) is 12.6. The van der Waals surface area contributed by atoms with Crippen molar-refractivity contribution >= 4 is 11.7 Å². The number of carbonyl (C=O) groups excluding carboxylic acids is 1. The van der Waals surface area contributed by atoms with Gasteiger partial charge in [-0.25, -0.2) is 14.2 Å². The van der Waals surface area contributed by atoms with Crippen LogP contribution >= 0.6 is 0 Å². The molecule has 0 radical (unpaired) electrons. The zero-order valence-electron chi connectivity index (χ0n) is 19.4. The molecular formula is C28H29FN4O2. The van der Waals surface area contributed by atoms with E-state index in [-0.39, 0.29) is 35.3 Å². The van der Waals surface area contributed by atoms with Gasteiger partial charge in [-0.3, -0.25) is 0 Å². The van der Waals surface area contributed by atoms with Crippen molar-refractivity contribution in [3.05, 3.63) is 72.4 Å². The van der Waals surface area contributed by atoms with Crippen LogP contribution in [0.25, 0.3) is 11.3 Å². The lowest BCUT2D eigenvalue weighted by Gasteiger charge is -2.38. The molecule has 4 fully saturated rings. The Morgan fingerprint density at radius 2 is 2.03 bits per heavy atom. The number of halogens is 1. The van der Waals surface area contributed by atoms with Crippen molar-refractivity contribution in [3.8, 4) is 11.3 Å². The Hall–Kier alpha value is -3.19. The van der Waals surface area contributed by atoms with Crippen LogP contribution in [-0.2, 0) is 0 Å². The second kappa shape index (κ2) is 7.65. The van der Waals surface area contributed by atoms with Gasteiger partial charge in [0.15, 0.2) is 0 Å². The molecule has 3 N–H and O–H groups in total. The molecule has 7 unspecified atom stereocenters. The number of anilines is 1. The molecule has 5 aliphatic rings. The Morgan fingerprint density at radius 3 is 2.89 bits per heavy atom. The van der Waals surface area contributed by atoms with Crippen molar-refractivity contribution in [1.29, 1.82) is 0 Å². The second-order valence-electron chi connectivity index (χ2n) is 11.0. The van der Waals surface area contributed by atoms with E-state index < -0.39 is 6.10 Å². The summed E-state index contributed by atoms with van der Waals surface area (Å²) >= 11 is 0. The average molecular weight is 473 g/mol. The second-order valence-corrected chi connectivity index (χ2v) is 11.0. The molecule has 4 bridgehead atoms. The standard InChI is InChI=1S/C28H29FN4O2/c29-21-8-4-7-19-23-14-30-15-33(23)22(25(19)21)11-24(34)28-12-16-9-17(13-28)26(20(28)10-16)32-27(35)31-18-5-2-1-3-6-18/h1-8,14-17,20,22,24,26,34H,9-13H2,(H2,31,32,35). The van der Waals surface area contributed by atoms with Crippen LogP contribution < -0.4 is 10.6 Å². The molecule has 1 aliphatic heterocycles. The van der Waals surface area contributed by atoms with Gasteiger partial charge in [0.25, 0.3) is 0 Å². The van der Waals surface area contributed by atoms with Crippen LogP contribution in [0.5, 0.6) is 0 Å². The Kier molecular flexibility index (Phi) is 4.62. The highest BCUT2D eigenvalue weighted by Crippen LogP contribution is 2.67. The lowest BCUT2D eigenvalue weighted by molar-refractivity contribution is -0.0120. The van der Waals surface area contributed by atoms with Gasteiger partial charge >= 0.3 is 6.03 Å². The summed E-state index contributed by atoms with van der Waals surface area (Å²) < 4.78 is 17.0. The number of fused-ring (bicyclic) bond motifs is 3. The topological polar surface area (TPSA) is 79.2 Å². The van der Waals surface area contributed by atoms with Crippen molar-refractivity contribution in [1.82, 2.24) is 14.9 Å². The molecule has 3 aromatic rings. The third kappa shape index (κ3) is 3.10. The number of amides is 2. The molecule has 2 amide bonds. The van der Waals surface area contributed by atoms with Crippen LogP contribution in [0.1, 0.15) is 43.7 Å². The summed E-state index contributed by atoms with van der Waals surface area (Å²) in [5.74, 6) is 0.988. The van der Waals surface area contributed by atoms with Crippen molar-refractivity contribution in [2.75, 3.05) is 5.32 Å². The number of hydrogen-bond acceptors (Lipinski definition) is 3. The molecule has 7 heteroatoms. The van der Waals surface area contributed by atoms with Crippen LogP contribution in [0.3, 0.4) is 0 Å². The molecule has 0 saturated heterocycles. The van der Waals surface area contributed by atoms with Crippen molar-refractivity contribution < 1.29 is 14.3 Å². The van der Waals surface area contributed by atoms with Crippen molar-refractivity contribution in [2.45, 2.75) is 50.3 Å². The third-order valence-corrected chi connectivity index (χ3v) is 9.32. The fourth-order valence-electron chi connectivity index (χ4n) is 8.14. The molecular weight excluding hydrogens is 443 g/mol. The minimum absolute atomic E-state index is 0.0588. The Labute approximate surface area is 203 Å². The first-order valence-electron chi connectivity index (χ1n) is 12.6. The quantitative estimate of drug-likeness (QED) is 0.491. The number of hydrogen-bond donors (Lipinski definition) is 3. The van der Waals surface area contributed by atoms with Crippen LogP contribution in [0, 0.1) is 29.0 Å². The van der Waals surface area contributed by atoms with E-state index in [1.54, 1.807) is 18.6 Å². The highest BCUT2D eigenvalue weighted by atomic mass is 19.1. The van der Waals surface area contributed by atoms with E-state index in [0.29, 0.717) is 23.8 Å². The van der Waals surface area contributed by atoms with Gasteiger partial charge in [0.1, 0.15) is 5.82 Å². The third-order valence-electron chi connectivity index (χ3n) is 9.32. The van der Waals surface area contributed by atoms with E-state index in [1.165, 1.54) is 6.07 Å². The predicted molar refractivity (Wildman–Crippen MR) is 130 cm³/mol. The number of para-hydroxylation sites is 1. The lowest BCUT2D eigenvalue weighted by atomic mass is 9.70. The van der Waals surface area contributed by atoms with Gasteiger partial charge in [-0.1, -0.05) is 30.3 Å². The highest BCUT2D eigenvalue weighted by Gasteiger charge is 2.65. The first-order chi connectivity index (χ1) is 17.0. The lowest BCUT2D eigenvalue weighted by Crippen LogP contribution is -2.47. The SMILES string of the molecule is O=C(Nc1ccccc1)NC1C2CC3CC1C(C(O)CC1c4c(F)cccc4-c4cncn41)(C3)C2. The van der Waals surface area contributed by atoms with Gasteiger partial charge in [-0.2, -0.15) is 0 Å². The van der Waals surface area contributed by atoms with E-state index in [2.05, 4.69) is 15.6 Å². The number of aromatic nitrogens is 2. The van der Waals surface area contributed by atoms with Gasteiger partial charge in [-0.05, 0) is 68.1 Å². The number of nitrogens with zero attached hydrogens (tertiary/aromatic N) is 2. The molecule has 180 valence electrons. The first kappa shape index (κ1) is 21.1. The minimum atomic E-state index is -0.574. The summed E-state index contributed by atoms with van der Waals surface area (Å²) in [5.41, 5.74) is 2.97. The fraction of sp³-hybridized carbons (Fsp3) is 0.429. The number of benzene rings is 2. The van der Waals surface area contributed by atoms with E-state index in [1.807, 2.05) is 41.0 Å². The number of aliphatic hydroxyl groups excluding tert-OH is 1. The molecule has 0 spiro atoms. The normalized spacial score (nSPS) is 32.3. The molecule has 4 aliphatic carbocycles. The highest BCUT2D eigenvalue weighted by molar-refractivity contribution is 5.89. The van der Waals surface area contributed by atoms with Gasteiger partial charge < -0.3 is 20.3 Å². The molecule has 7 atom stereocenters. The molecule has 4 saturated carbocycles.